The van der Waals surface area contributed by atoms with Crippen LogP contribution in [0.25, 0.3) is 0 Å². The molecule has 2 aromatic carbocycles. The van der Waals surface area contributed by atoms with Crippen LogP contribution in [0.5, 0.6) is 17.2 Å². The topological polar surface area (TPSA) is 85.7 Å². The molecule has 1 aliphatic heterocycles. The minimum absolute atomic E-state index is 0.0400. The number of carbonyl (C=O) groups excluding carboxylic acids is 2. The standard InChI is InChI=1S/C26H28N4O4/c1-29-14-11-24(28-29)27-25(31)19-15-22(33-20-5-2-3-6-20)17-23(16-19)34-21-9-7-18(8-10-21)26(32)30-12-4-13-30/h7-11,14-17,20H,2-6,12-13H2,1H3,(H,27,28,31). The minimum Gasteiger partial charge on any atom is -0.490 e. The van der Waals surface area contributed by atoms with E-state index >= 15 is 0 Å². The summed E-state index contributed by atoms with van der Waals surface area (Å²) in [5, 5.41) is 7.02. The molecule has 0 unspecified atom stereocenters. The third-order valence-electron chi connectivity index (χ3n) is 6.18. The number of likely N-dealkylation sites (tertiary alicyclic amines) is 1. The molecule has 2 aliphatic rings. The molecule has 1 saturated heterocycles. The first-order chi connectivity index (χ1) is 16.5. The largest absolute Gasteiger partial charge is 0.490 e. The number of amides is 2. The Hall–Kier alpha value is -3.81. The molecule has 1 N–H and O–H groups in total. The first-order valence-corrected chi connectivity index (χ1v) is 11.7. The number of nitrogens with zero attached hydrogens (tertiary/aromatic N) is 3. The zero-order valence-electron chi connectivity index (χ0n) is 19.2. The number of ether oxygens (including phenoxy) is 2. The molecule has 0 spiro atoms. The molecular weight excluding hydrogens is 432 g/mol. The molecule has 5 rings (SSSR count). The lowest BCUT2D eigenvalue weighted by atomic mass is 10.1. The SMILES string of the molecule is Cn1ccc(NC(=O)c2cc(Oc3ccc(C(=O)N4CCC4)cc3)cc(OC3CCCC3)c2)n1. The van der Waals surface area contributed by atoms with Gasteiger partial charge in [0.25, 0.3) is 11.8 Å². The van der Waals surface area contributed by atoms with Gasteiger partial charge in [-0.2, -0.15) is 5.10 Å². The predicted octanol–water partition coefficient (Wildman–Crippen LogP) is 4.63. The fourth-order valence-electron chi connectivity index (χ4n) is 4.20. The van der Waals surface area contributed by atoms with Crippen LogP contribution in [0.1, 0.15) is 52.8 Å². The molecule has 2 fully saturated rings. The lowest BCUT2D eigenvalue weighted by Crippen LogP contribution is -2.41. The highest BCUT2D eigenvalue weighted by Gasteiger charge is 2.22. The second-order valence-electron chi connectivity index (χ2n) is 8.82. The van der Waals surface area contributed by atoms with E-state index in [-0.39, 0.29) is 17.9 Å². The molecule has 34 heavy (non-hydrogen) atoms. The number of carbonyl (C=O) groups is 2. The van der Waals surface area contributed by atoms with E-state index < -0.39 is 0 Å². The number of benzene rings is 2. The van der Waals surface area contributed by atoms with Gasteiger partial charge in [-0.25, -0.2) is 0 Å². The highest BCUT2D eigenvalue weighted by molar-refractivity contribution is 6.04. The summed E-state index contributed by atoms with van der Waals surface area (Å²) in [5.74, 6) is 1.88. The van der Waals surface area contributed by atoms with Crippen molar-refractivity contribution in [2.45, 2.75) is 38.2 Å². The predicted molar refractivity (Wildman–Crippen MR) is 128 cm³/mol. The van der Waals surface area contributed by atoms with E-state index in [0.717, 1.165) is 45.2 Å². The maximum atomic E-state index is 12.9. The second-order valence-corrected chi connectivity index (χ2v) is 8.82. The van der Waals surface area contributed by atoms with E-state index in [1.165, 1.54) is 0 Å². The van der Waals surface area contributed by atoms with Crippen LogP contribution in [0.2, 0.25) is 0 Å². The quantitative estimate of drug-likeness (QED) is 0.556. The molecule has 0 radical (unpaired) electrons. The molecule has 2 amide bonds. The number of hydrogen-bond acceptors (Lipinski definition) is 5. The van der Waals surface area contributed by atoms with Gasteiger partial charge in [-0.15, -0.1) is 0 Å². The fourth-order valence-corrected chi connectivity index (χ4v) is 4.20. The van der Waals surface area contributed by atoms with Crippen molar-refractivity contribution in [3.63, 3.8) is 0 Å². The molecule has 3 aromatic rings. The van der Waals surface area contributed by atoms with Crippen molar-refractivity contribution in [1.29, 1.82) is 0 Å². The Morgan fingerprint density at radius 1 is 0.912 bits per heavy atom. The minimum atomic E-state index is -0.295. The summed E-state index contributed by atoms with van der Waals surface area (Å²) in [6.45, 7) is 1.63. The fraction of sp³-hybridized carbons (Fsp3) is 0.346. The lowest BCUT2D eigenvalue weighted by Gasteiger charge is -2.30. The van der Waals surface area contributed by atoms with Crippen molar-refractivity contribution in [3.05, 3.63) is 65.9 Å². The van der Waals surface area contributed by atoms with Crippen LogP contribution in [0, 0.1) is 0 Å². The van der Waals surface area contributed by atoms with Crippen molar-refractivity contribution >= 4 is 17.6 Å². The molecule has 8 heteroatoms. The molecule has 2 heterocycles. The van der Waals surface area contributed by atoms with Gasteiger partial charge >= 0.3 is 0 Å². The van der Waals surface area contributed by atoms with Crippen molar-refractivity contribution in [3.8, 4) is 17.2 Å². The second kappa shape index (κ2) is 9.59. The Labute approximate surface area is 198 Å². The number of hydrogen-bond donors (Lipinski definition) is 1. The van der Waals surface area contributed by atoms with E-state index in [9.17, 15) is 9.59 Å². The van der Waals surface area contributed by atoms with Gasteiger partial charge in [0.1, 0.15) is 17.2 Å². The van der Waals surface area contributed by atoms with Crippen LogP contribution in [0.15, 0.2) is 54.7 Å². The molecular formula is C26H28N4O4. The first-order valence-electron chi connectivity index (χ1n) is 11.7. The zero-order valence-corrected chi connectivity index (χ0v) is 19.2. The average molecular weight is 461 g/mol. The van der Waals surface area contributed by atoms with Crippen LogP contribution >= 0.6 is 0 Å². The first kappa shape index (κ1) is 22.0. The Kier molecular flexibility index (Phi) is 6.20. The van der Waals surface area contributed by atoms with Gasteiger partial charge in [-0.1, -0.05) is 0 Å². The summed E-state index contributed by atoms with van der Waals surface area (Å²) in [6, 6.07) is 14.0. The summed E-state index contributed by atoms with van der Waals surface area (Å²) in [4.78, 5) is 27.1. The van der Waals surface area contributed by atoms with Crippen molar-refractivity contribution in [1.82, 2.24) is 14.7 Å². The third-order valence-corrected chi connectivity index (χ3v) is 6.18. The van der Waals surface area contributed by atoms with Gasteiger partial charge in [0.2, 0.25) is 0 Å². The van der Waals surface area contributed by atoms with Crippen LogP contribution in [-0.4, -0.2) is 45.7 Å². The highest BCUT2D eigenvalue weighted by atomic mass is 16.5. The van der Waals surface area contributed by atoms with Gasteiger partial charge < -0.3 is 19.7 Å². The summed E-state index contributed by atoms with van der Waals surface area (Å²) in [7, 11) is 1.79. The zero-order chi connectivity index (χ0) is 23.5. The van der Waals surface area contributed by atoms with E-state index in [2.05, 4.69) is 10.4 Å². The molecule has 1 aliphatic carbocycles. The lowest BCUT2D eigenvalue weighted by molar-refractivity contribution is 0.0651. The van der Waals surface area contributed by atoms with E-state index in [0.29, 0.717) is 34.2 Å². The maximum Gasteiger partial charge on any atom is 0.257 e. The number of anilines is 1. The van der Waals surface area contributed by atoms with Crippen LogP contribution in [0.3, 0.4) is 0 Å². The van der Waals surface area contributed by atoms with E-state index in [1.54, 1.807) is 66.5 Å². The van der Waals surface area contributed by atoms with Gasteiger partial charge in [0.05, 0.1) is 6.10 Å². The summed E-state index contributed by atoms with van der Waals surface area (Å²) >= 11 is 0. The summed E-state index contributed by atoms with van der Waals surface area (Å²) in [6.07, 6.45) is 7.28. The number of nitrogens with one attached hydrogen (secondary N) is 1. The van der Waals surface area contributed by atoms with Crippen molar-refractivity contribution < 1.29 is 19.1 Å². The van der Waals surface area contributed by atoms with Crippen LogP contribution in [-0.2, 0) is 7.05 Å². The molecule has 0 atom stereocenters. The monoisotopic (exact) mass is 460 g/mol. The molecule has 0 bridgehead atoms. The van der Waals surface area contributed by atoms with Crippen molar-refractivity contribution in [2.75, 3.05) is 18.4 Å². The molecule has 1 saturated carbocycles. The number of aryl methyl sites for hydroxylation is 1. The molecule has 8 nitrogen and oxygen atoms in total. The van der Waals surface area contributed by atoms with E-state index in [1.807, 2.05) is 4.90 Å². The smallest absolute Gasteiger partial charge is 0.257 e. The van der Waals surface area contributed by atoms with Gasteiger partial charge in [0.15, 0.2) is 5.82 Å². The summed E-state index contributed by atoms with van der Waals surface area (Å²) < 4.78 is 13.8. The third kappa shape index (κ3) is 5.06. The Morgan fingerprint density at radius 2 is 1.65 bits per heavy atom. The van der Waals surface area contributed by atoms with Gasteiger partial charge in [-0.05, 0) is 68.5 Å². The number of aromatic nitrogens is 2. The normalized spacial score (nSPS) is 15.6. The van der Waals surface area contributed by atoms with Crippen molar-refractivity contribution in [2.24, 2.45) is 7.05 Å². The van der Waals surface area contributed by atoms with Gasteiger partial charge in [0, 0.05) is 49.6 Å². The Morgan fingerprint density at radius 3 is 2.29 bits per heavy atom. The summed E-state index contributed by atoms with van der Waals surface area (Å²) in [5.41, 5.74) is 1.06. The Balaban J connectivity index is 1.35. The number of rotatable bonds is 7. The maximum absolute atomic E-state index is 12.9. The van der Waals surface area contributed by atoms with E-state index in [4.69, 9.17) is 9.47 Å². The Bertz CT molecular complexity index is 1180. The van der Waals surface area contributed by atoms with Gasteiger partial charge in [-0.3, -0.25) is 14.3 Å². The van der Waals surface area contributed by atoms with Crippen LogP contribution < -0.4 is 14.8 Å². The molecule has 1 aromatic heterocycles. The average Bonchev–Trinajstić information content (AvgIpc) is 3.44. The molecule has 176 valence electrons. The highest BCUT2D eigenvalue weighted by Crippen LogP contribution is 2.31. The van der Waals surface area contributed by atoms with Crippen LogP contribution in [0.4, 0.5) is 5.82 Å².